The number of fused-ring (bicyclic) bond motifs is 1. The number of hydrogen-bond donors (Lipinski definition) is 1. The van der Waals surface area contributed by atoms with E-state index in [0.717, 1.165) is 23.2 Å². The highest BCUT2D eigenvalue weighted by Crippen LogP contribution is 2.34. The maximum absolute atomic E-state index is 13.2. The molecule has 3 aromatic carbocycles. The van der Waals surface area contributed by atoms with E-state index in [4.69, 9.17) is 10.00 Å². The Labute approximate surface area is 187 Å². The van der Waals surface area contributed by atoms with Crippen molar-refractivity contribution in [3.63, 3.8) is 0 Å². The van der Waals surface area contributed by atoms with Crippen LogP contribution < -0.4 is 15.0 Å². The molecule has 1 N–H and O–H groups in total. The third-order valence-electron chi connectivity index (χ3n) is 5.65. The third-order valence-corrected chi connectivity index (χ3v) is 5.65. The van der Waals surface area contributed by atoms with Crippen molar-refractivity contribution in [3.05, 3.63) is 94.5 Å². The van der Waals surface area contributed by atoms with E-state index in [-0.39, 0.29) is 17.9 Å². The largest absolute Gasteiger partial charge is 0.497 e. The number of carbonyl (C=O) groups is 2. The molecule has 0 aromatic heterocycles. The quantitative estimate of drug-likeness (QED) is 0.668. The van der Waals surface area contributed by atoms with Crippen molar-refractivity contribution in [1.82, 2.24) is 5.32 Å². The zero-order valence-corrected chi connectivity index (χ0v) is 18.0. The summed E-state index contributed by atoms with van der Waals surface area (Å²) in [5, 5.41) is 11.8. The summed E-state index contributed by atoms with van der Waals surface area (Å²) in [6, 6.07) is 21.7. The fourth-order valence-electron chi connectivity index (χ4n) is 3.93. The minimum absolute atomic E-state index is 0.0445. The summed E-state index contributed by atoms with van der Waals surface area (Å²) in [4.78, 5) is 27.5. The number of rotatable bonds is 5. The summed E-state index contributed by atoms with van der Waals surface area (Å²) in [6.07, 6.45) is 0.787. The smallest absolute Gasteiger partial charge is 0.258 e. The molecule has 6 nitrogen and oxygen atoms in total. The lowest BCUT2D eigenvalue weighted by atomic mass is 10.1. The predicted octanol–water partition coefficient (Wildman–Crippen LogP) is 4.09. The lowest BCUT2D eigenvalue weighted by Crippen LogP contribution is -2.35. The molecule has 1 heterocycles. The average Bonchev–Trinajstić information content (AvgIpc) is 3.17. The van der Waals surface area contributed by atoms with Crippen LogP contribution in [0.15, 0.2) is 66.7 Å². The van der Waals surface area contributed by atoms with Gasteiger partial charge in [-0.15, -0.1) is 0 Å². The summed E-state index contributed by atoms with van der Waals surface area (Å²) in [5.74, 6) is 0.434. The van der Waals surface area contributed by atoms with Gasteiger partial charge in [0.2, 0.25) is 0 Å². The minimum atomic E-state index is -0.213. The summed E-state index contributed by atoms with van der Waals surface area (Å²) < 4.78 is 5.18. The fourth-order valence-corrected chi connectivity index (χ4v) is 3.93. The van der Waals surface area contributed by atoms with Crippen molar-refractivity contribution in [2.45, 2.75) is 25.9 Å². The Balaban J connectivity index is 1.50. The molecule has 160 valence electrons. The van der Waals surface area contributed by atoms with Gasteiger partial charge in [-0.3, -0.25) is 9.59 Å². The molecule has 1 aliphatic heterocycles. The van der Waals surface area contributed by atoms with E-state index in [0.29, 0.717) is 29.0 Å². The molecule has 32 heavy (non-hydrogen) atoms. The molecule has 0 saturated carbocycles. The lowest BCUT2D eigenvalue weighted by molar-refractivity contribution is 0.0948. The van der Waals surface area contributed by atoms with E-state index in [1.807, 2.05) is 36.1 Å². The van der Waals surface area contributed by atoms with Crippen LogP contribution in [-0.2, 0) is 13.0 Å². The second-order valence-corrected chi connectivity index (χ2v) is 7.79. The number of nitrogens with zero attached hydrogens (tertiary/aromatic N) is 2. The number of nitriles is 1. The first-order chi connectivity index (χ1) is 15.5. The molecular formula is C26H23N3O3. The van der Waals surface area contributed by atoms with Crippen LogP contribution in [0.5, 0.6) is 5.75 Å². The first kappa shape index (κ1) is 21.1. The fraction of sp³-hybridized carbons (Fsp3) is 0.192. The summed E-state index contributed by atoms with van der Waals surface area (Å²) >= 11 is 0. The Kier molecular flexibility index (Phi) is 5.91. The molecule has 6 heteroatoms. The predicted molar refractivity (Wildman–Crippen MR) is 122 cm³/mol. The van der Waals surface area contributed by atoms with Crippen LogP contribution in [0.2, 0.25) is 0 Å². The van der Waals surface area contributed by atoms with Gasteiger partial charge >= 0.3 is 0 Å². The molecule has 2 amide bonds. The third kappa shape index (κ3) is 4.19. The Bertz CT molecular complexity index is 1190. The molecule has 0 spiro atoms. The van der Waals surface area contributed by atoms with E-state index in [2.05, 4.69) is 5.32 Å². The number of methoxy groups -OCH3 is 1. The molecule has 0 aliphatic carbocycles. The first-order valence-electron chi connectivity index (χ1n) is 10.4. The van der Waals surface area contributed by atoms with E-state index in [1.54, 1.807) is 55.6 Å². The number of hydrogen-bond acceptors (Lipinski definition) is 4. The summed E-state index contributed by atoms with van der Waals surface area (Å²) in [6.45, 7) is 2.37. The molecular weight excluding hydrogens is 402 g/mol. The second kappa shape index (κ2) is 8.94. The van der Waals surface area contributed by atoms with Crippen molar-refractivity contribution in [2.24, 2.45) is 0 Å². The maximum atomic E-state index is 13.2. The van der Waals surface area contributed by atoms with E-state index in [1.165, 1.54) is 0 Å². The Hall–Kier alpha value is -4.11. The Morgan fingerprint density at radius 3 is 2.41 bits per heavy atom. The van der Waals surface area contributed by atoms with Crippen LogP contribution in [0, 0.1) is 11.3 Å². The van der Waals surface area contributed by atoms with Crippen LogP contribution >= 0.6 is 0 Å². The highest BCUT2D eigenvalue weighted by atomic mass is 16.5. The van der Waals surface area contributed by atoms with Crippen molar-refractivity contribution in [2.75, 3.05) is 12.0 Å². The Morgan fingerprint density at radius 2 is 1.75 bits per heavy atom. The monoisotopic (exact) mass is 425 g/mol. The minimum Gasteiger partial charge on any atom is -0.497 e. The molecule has 0 unspecified atom stereocenters. The van der Waals surface area contributed by atoms with Gasteiger partial charge in [0, 0.05) is 29.4 Å². The Morgan fingerprint density at radius 1 is 1.06 bits per heavy atom. The second-order valence-electron chi connectivity index (χ2n) is 7.79. The molecule has 4 rings (SSSR count). The number of nitrogens with one attached hydrogen (secondary N) is 1. The lowest BCUT2D eigenvalue weighted by Gasteiger charge is -2.23. The van der Waals surface area contributed by atoms with Crippen molar-refractivity contribution in [1.29, 1.82) is 5.26 Å². The van der Waals surface area contributed by atoms with Gasteiger partial charge in [-0.2, -0.15) is 5.26 Å². The first-order valence-corrected chi connectivity index (χ1v) is 10.4. The zero-order chi connectivity index (χ0) is 22.7. The molecule has 0 bridgehead atoms. The molecule has 0 fully saturated rings. The van der Waals surface area contributed by atoms with Crippen molar-refractivity contribution in [3.8, 4) is 11.8 Å². The summed E-state index contributed by atoms with van der Waals surface area (Å²) in [7, 11) is 1.59. The molecule has 3 aromatic rings. The van der Waals surface area contributed by atoms with Crippen LogP contribution in [0.4, 0.5) is 5.69 Å². The van der Waals surface area contributed by atoms with Gasteiger partial charge < -0.3 is 15.0 Å². The highest BCUT2D eigenvalue weighted by molar-refractivity contribution is 6.07. The van der Waals surface area contributed by atoms with Gasteiger partial charge in [-0.1, -0.05) is 12.1 Å². The van der Waals surface area contributed by atoms with E-state index >= 15 is 0 Å². The van der Waals surface area contributed by atoms with E-state index in [9.17, 15) is 9.59 Å². The SMILES string of the molecule is COc1ccc(C(=O)N2c3cc(CNC(=O)c4ccc(C#N)cc4)ccc3C[C@@H]2C)cc1. The van der Waals surface area contributed by atoms with Gasteiger partial charge in [0.15, 0.2) is 0 Å². The normalized spacial score (nSPS) is 14.4. The van der Waals surface area contributed by atoms with Crippen molar-refractivity contribution >= 4 is 17.5 Å². The van der Waals surface area contributed by atoms with Crippen LogP contribution in [-0.4, -0.2) is 25.0 Å². The van der Waals surface area contributed by atoms with Gasteiger partial charge in [0.1, 0.15) is 5.75 Å². The van der Waals surface area contributed by atoms with E-state index < -0.39 is 0 Å². The standard InChI is InChI=1S/C26H23N3O3/c1-17-13-22-8-5-19(16-28-25(30)20-6-3-18(15-27)4-7-20)14-24(22)29(17)26(31)21-9-11-23(32-2)12-10-21/h3-12,14,17H,13,16H2,1-2H3,(H,28,30)/t17-/m0/s1. The summed E-state index contributed by atoms with van der Waals surface area (Å²) in [5.41, 5.74) is 4.51. The highest BCUT2D eigenvalue weighted by Gasteiger charge is 2.31. The van der Waals surface area contributed by atoms with Crippen LogP contribution in [0.3, 0.4) is 0 Å². The molecule has 0 saturated heterocycles. The average molecular weight is 425 g/mol. The number of amides is 2. The van der Waals surface area contributed by atoms with Gasteiger partial charge in [-0.05, 0) is 79.1 Å². The number of ether oxygens (including phenoxy) is 1. The van der Waals surface area contributed by atoms with Crippen LogP contribution in [0.1, 0.15) is 44.3 Å². The topological polar surface area (TPSA) is 82.4 Å². The molecule has 0 radical (unpaired) electrons. The van der Waals surface area contributed by atoms with Gasteiger partial charge in [0.05, 0.1) is 18.7 Å². The van der Waals surface area contributed by atoms with Gasteiger partial charge in [0.25, 0.3) is 11.8 Å². The number of carbonyl (C=O) groups excluding carboxylic acids is 2. The maximum Gasteiger partial charge on any atom is 0.258 e. The molecule has 1 aliphatic rings. The number of anilines is 1. The number of benzene rings is 3. The van der Waals surface area contributed by atoms with Crippen LogP contribution in [0.25, 0.3) is 0 Å². The molecule has 1 atom stereocenters. The van der Waals surface area contributed by atoms with Crippen molar-refractivity contribution < 1.29 is 14.3 Å². The zero-order valence-electron chi connectivity index (χ0n) is 18.0. The van der Waals surface area contributed by atoms with Gasteiger partial charge in [-0.25, -0.2) is 0 Å².